The van der Waals surface area contributed by atoms with Crippen molar-refractivity contribution in [2.75, 3.05) is 18.9 Å². The molecule has 4 amide bonds. The third-order valence-electron chi connectivity index (χ3n) is 4.79. The molecule has 13 nitrogen and oxygen atoms in total. The van der Waals surface area contributed by atoms with Gasteiger partial charge in [-0.25, -0.2) is 4.98 Å². The van der Waals surface area contributed by atoms with Gasteiger partial charge < -0.3 is 30.4 Å². The monoisotopic (exact) mass is 473 g/mol. The summed E-state index contributed by atoms with van der Waals surface area (Å²) in [6, 6.07) is 1.58. The first-order valence-corrected chi connectivity index (χ1v) is 10.5. The highest BCUT2D eigenvalue weighted by molar-refractivity contribution is 6.36. The number of aryl methyl sites for hydroxylation is 1. The number of nitrogens with zero attached hydrogens (tertiary/aromatic N) is 3. The van der Waals surface area contributed by atoms with E-state index in [0.717, 1.165) is 4.57 Å². The average Bonchev–Trinajstić information content (AvgIpc) is 3.24. The minimum atomic E-state index is -1.24. The first kappa shape index (κ1) is 26.0. The van der Waals surface area contributed by atoms with Crippen LogP contribution >= 0.6 is 0 Å². The third-order valence-corrected chi connectivity index (χ3v) is 4.79. The second kappa shape index (κ2) is 12.1. The van der Waals surface area contributed by atoms with Crippen molar-refractivity contribution in [3.8, 4) is 0 Å². The summed E-state index contributed by atoms with van der Waals surface area (Å²) in [4.78, 5) is 77.5. The van der Waals surface area contributed by atoms with Crippen LogP contribution in [0.1, 0.15) is 30.3 Å². The van der Waals surface area contributed by atoms with Gasteiger partial charge in [0.1, 0.15) is 24.0 Å². The number of likely N-dealkylation sites (N-methyl/N-ethyl adjacent to an activating group) is 2. The van der Waals surface area contributed by atoms with Crippen LogP contribution < -0.4 is 26.8 Å². The maximum atomic E-state index is 13.0. The molecule has 0 bridgehead atoms. The number of carbonyl (C=O) groups is 5. The quantitative estimate of drug-likeness (QED) is 0.289. The average molecular weight is 473 g/mol. The van der Waals surface area contributed by atoms with Crippen molar-refractivity contribution < 1.29 is 24.0 Å². The minimum absolute atomic E-state index is 0.119. The van der Waals surface area contributed by atoms with Gasteiger partial charge in [0.25, 0.3) is 17.4 Å². The molecule has 0 aliphatic carbocycles. The lowest BCUT2D eigenvalue weighted by molar-refractivity contribution is -0.138. The van der Waals surface area contributed by atoms with Crippen LogP contribution in [0.2, 0.25) is 0 Å². The zero-order valence-corrected chi connectivity index (χ0v) is 19.1. The van der Waals surface area contributed by atoms with E-state index in [1.54, 1.807) is 14.0 Å². The number of pyridine rings is 1. The van der Waals surface area contributed by atoms with Crippen molar-refractivity contribution in [1.29, 1.82) is 0 Å². The molecular formula is C21H27N7O6. The topological polar surface area (TPSA) is 173 Å². The van der Waals surface area contributed by atoms with Gasteiger partial charge in [-0.05, 0) is 25.5 Å². The summed E-state index contributed by atoms with van der Waals surface area (Å²) in [5, 5.41) is 9.72. The Kier molecular flexibility index (Phi) is 9.23. The molecule has 0 aliphatic heterocycles. The molecule has 1 atom stereocenters. The molecule has 2 heterocycles. The Morgan fingerprint density at radius 3 is 2.53 bits per heavy atom. The second-order valence-electron chi connectivity index (χ2n) is 7.25. The van der Waals surface area contributed by atoms with E-state index >= 15 is 0 Å². The molecule has 0 unspecified atom stereocenters. The molecule has 0 saturated carbocycles. The number of hydrogen-bond donors (Lipinski definition) is 4. The Bertz CT molecular complexity index is 1140. The molecule has 0 fully saturated rings. The Morgan fingerprint density at radius 1 is 1.18 bits per heavy atom. The standard InChI is InChI=1S/C21H27N7O6/c1-4-24-20(33)16(29)8-7-13(25-19(32)15-10-23-12-27(15)3)18(31)26-14-6-5-9-28(21(14)34)11-17(30)22-2/h5-6,9-10,12-13H,4,7-8,11H2,1-3H3,(H,22,30)(H,24,33)(H,25,32)(H,26,31)/t13-/m0/s1. The zero-order chi connectivity index (χ0) is 25.3. The molecule has 2 rings (SSSR count). The lowest BCUT2D eigenvalue weighted by Gasteiger charge is -2.18. The van der Waals surface area contributed by atoms with E-state index in [0.29, 0.717) is 0 Å². The fourth-order valence-electron chi connectivity index (χ4n) is 2.94. The molecular weight excluding hydrogens is 446 g/mol. The summed E-state index contributed by atoms with van der Waals surface area (Å²) < 4.78 is 2.55. The normalized spacial score (nSPS) is 11.3. The predicted octanol–water partition coefficient (Wildman–Crippen LogP) is -1.45. The molecule has 2 aromatic heterocycles. The highest BCUT2D eigenvalue weighted by Gasteiger charge is 2.26. The van der Waals surface area contributed by atoms with Crippen LogP contribution in [0.3, 0.4) is 0 Å². The number of ketones is 1. The van der Waals surface area contributed by atoms with Crippen LogP contribution in [0.25, 0.3) is 0 Å². The molecule has 0 spiro atoms. The molecule has 0 aliphatic rings. The Morgan fingerprint density at radius 2 is 1.91 bits per heavy atom. The van der Waals surface area contributed by atoms with Crippen molar-refractivity contribution in [3.63, 3.8) is 0 Å². The molecule has 0 aromatic carbocycles. The van der Waals surface area contributed by atoms with E-state index in [9.17, 15) is 28.8 Å². The number of rotatable bonds is 11. The lowest BCUT2D eigenvalue weighted by Crippen LogP contribution is -2.45. The Hall–Kier alpha value is -4.29. The molecule has 34 heavy (non-hydrogen) atoms. The van der Waals surface area contributed by atoms with Crippen molar-refractivity contribution in [2.45, 2.75) is 32.4 Å². The van der Waals surface area contributed by atoms with Crippen molar-refractivity contribution in [1.82, 2.24) is 30.1 Å². The van der Waals surface area contributed by atoms with E-state index in [-0.39, 0.29) is 37.3 Å². The highest BCUT2D eigenvalue weighted by atomic mass is 16.2. The van der Waals surface area contributed by atoms with Crippen LogP contribution in [-0.4, -0.2) is 63.2 Å². The largest absolute Gasteiger partial charge is 0.358 e. The summed E-state index contributed by atoms with van der Waals surface area (Å²) in [5.41, 5.74) is -0.582. The smallest absolute Gasteiger partial charge is 0.287 e. The molecule has 0 saturated heterocycles. The maximum absolute atomic E-state index is 13.0. The van der Waals surface area contributed by atoms with E-state index in [4.69, 9.17) is 0 Å². The van der Waals surface area contributed by atoms with Crippen molar-refractivity contribution in [2.24, 2.45) is 7.05 Å². The fourth-order valence-corrected chi connectivity index (χ4v) is 2.94. The minimum Gasteiger partial charge on any atom is -0.358 e. The van der Waals surface area contributed by atoms with Crippen LogP contribution in [0, 0.1) is 0 Å². The number of nitrogens with one attached hydrogen (secondary N) is 4. The number of amides is 4. The molecule has 0 radical (unpaired) electrons. The van der Waals surface area contributed by atoms with E-state index in [1.165, 1.54) is 42.5 Å². The SMILES string of the molecule is CCNC(=O)C(=O)CC[C@H](NC(=O)c1cncn1C)C(=O)Nc1cccn(CC(=O)NC)c1=O. The van der Waals surface area contributed by atoms with E-state index in [2.05, 4.69) is 26.3 Å². The molecule has 2 aromatic rings. The van der Waals surface area contributed by atoms with E-state index < -0.39 is 41.0 Å². The van der Waals surface area contributed by atoms with Gasteiger partial charge in [-0.1, -0.05) is 0 Å². The van der Waals surface area contributed by atoms with Gasteiger partial charge in [0.2, 0.25) is 17.6 Å². The third kappa shape index (κ3) is 6.85. The highest BCUT2D eigenvalue weighted by Crippen LogP contribution is 2.07. The molecule has 13 heteroatoms. The van der Waals surface area contributed by atoms with Gasteiger partial charge in [-0.15, -0.1) is 0 Å². The number of carbonyl (C=O) groups excluding carboxylic acids is 5. The Balaban J connectivity index is 2.22. The maximum Gasteiger partial charge on any atom is 0.287 e. The van der Waals surface area contributed by atoms with Crippen molar-refractivity contribution >= 4 is 35.1 Å². The number of anilines is 1. The van der Waals surface area contributed by atoms with Crippen molar-refractivity contribution in [3.05, 3.63) is 46.9 Å². The second-order valence-corrected chi connectivity index (χ2v) is 7.25. The summed E-state index contributed by atoms with van der Waals surface area (Å²) in [5.74, 6) is -3.35. The summed E-state index contributed by atoms with van der Waals surface area (Å²) in [6.45, 7) is 1.68. The van der Waals surface area contributed by atoms with Gasteiger partial charge in [0, 0.05) is 33.3 Å². The van der Waals surface area contributed by atoms with Crippen LogP contribution in [-0.2, 0) is 32.8 Å². The lowest BCUT2D eigenvalue weighted by atomic mass is 10.1. The van der Waals surface area contributed by atoms with Gasteiger partial charge in [-0.3, -0.25) is 28.8 Å². The van der Waals surface area contributed by atoms with Gasteiger partial charge in [0.15, 0.2) is 0 Å². The first-order valence-electron chi connectivity index (χ1n) is 10.5. The van der Waals surface area contributed by atoms with Crippen LogP contribution in [0.4, 0.5) is 5.69 Å². The summed E-state index contributed by atoms with van der Waals surface area (Å²) >= 11 is 0. The van der Waals surface area contributed by atoms with Gasteiger partial charge in [-0.2, -0.15) is 0 Å². The number of Topliss-reactive ketones (excluding diaryl/α,β-unsaturated/α-hetero) is 1. The zero-order valence-electron chi connectivity index (χ0n) is 19.1. The summed E-state index contributed by atoms with van der Waals surface area (Å²) in [7, 11) is 3.02. The fraction of sp³-hybridized carbons (Fsp3) is 0.381. The van der Waals surface area contributed by atoms with Gasteiger partial charge >= 0.3 is 0 Å². The number of aromatic nitrogens is 3. The Labute approximate surface area is 194 Å². The number of hydrogen-bond acceptors (Lipinski definition) is 7. The number of imidazole rings is 1. The molecule has 182 valence electrons. The van der Waals surface area contributed by atoms with E-state index in [1.807, 2.05) is 0 Å². The summed E-state index contributed by atoms with van der Waals surface area (Å²) in [6.07, 6.45) is 3.59. The predicted molar refractivity (Wildman–Crippen MR) is 121 cm³/mol. The van der Waals surface area contributed by atoms with Crippen LogP contribution in [0.15, 0.2) is 35.6 Å². The first-order chi connectivity index (χ1) is 16.2. The van der Waals surface area contributed by atoms with Gasteiger partial charge in [0.05, 0.1) is 12.5 Å². The van der Waals surface area contributed by atoms with Crippen LogP contribution in [0.5, 0.6) is 0 Å². The molecule has 4 N–H and O–H groups in total.